The van der Waals surface area contributed by atoms with Crippen molar-refractivity contribution in [2.45, 2.75) is 38.1 Å². The van der Waals surface area contributed by atoms with Gasteiger partial charge in [-0.1, -0.05) is 6.42 Å². The SMILES string of the molecule is Cn1cc(N)c(C(=O)N2CCC(N3CCCCC3)CC2)n1. The highest BCUT2D eigenvalue weighted by Crippen LogP contribution is 2.22. The number of aryl methyl sites for hydroxylation is 1. The van der Waals surface area contributed by atoms with Crippen LogP contribution in [0.3, 0.4) is 0 Å². The standard InChI is InChI=1S/C15H25N5O/c1-18-11-13(16)14(17-18)15(21)20-9-5-12(6-10-20)19-7-3-2-4-8-19/h11-12H,2-10,16H2,1H3. The van der Waals surface area contributed by atoms with Crippen LogP contribution in [0.25, 0.3) is 0 Å². The van der Waals surface area contributed by atoms with Crippen molar-refractivity contribution in [3.63, 3.8) is 0 Å². The summed E-state index contributed by atoms with van der Waals surface area (Å²) in [6, 6.07) is 0.649. The number of piperidine rings is 2. The van der Waals surface area contributed by atoms with E-state index in [0.29, 0.717) is 17.4 Å². The fourth-order valence-corrected chi connectivity index (χ4v) is 3.54. The zero-order valence-corrected chi connectivity index (χ0v) is 12.8. The molecule has 2 aliphatic rings. The monoisotopic (exact) mass is 291 g/mol. The third kappa shape index (κ3) is 3.05. The minimum atomic E-state index is -0.0230. The summed E-state index contributed by atoms with van der Waals surface area (Å²) in [6.45, 7) is 4.09. The van der Waals surface area contributed by atoms with Crippen LogP contribution in [0.15, 0.2) is 6.20 Å². The molecular weight excluding hydrogens is 266 g/mol. The molecule has 0 atom stereocenters. The Bertz CT molecular complexity index is 498. The number of rotatable bonds is 2. The first-order chi connectivity index (χ1) is 10.1. The predicted octanol–water partition coefficient (Wildman–Crippen LogP) is 1.09. The molecule has 116 valence electrons. The smallest absolute Gasteiger partial charge is 0.276 e. The third-order valence-corrected chi connectivity index (χ3v) is 4.72. The first-order valence-corrected chi connectivity index (χ1v) is 7.97. The lowest BCUT2D eigenvalue weighted by Gasteiger charge is -2.40. The molecule has 1 amide bonds. The van der Waals surface area contributed by atoms with Gasteiger partial charge in [-0.2, -0.15) is 5.10 Å². The van der Waals surface area contributed by atoms with E-state index in [1.807, 2.05) is 4.90 Å². The van der Waals surface area contributed by atoms with E-state index in [2.05, 4.69) is 10.00 Å². The van der Waals surface area contributed by atoms with Gasteiger partial charge in [-0.3, -0.25) is 9.48 Å². The number of anilines is 1. The summed E-state index contributed by atoms with van der Waals surface area (Å²) >= 11 is 0. The first kappa shape index (κ1) is 14.4. The van der Waals surface area contributed by atoms with Crippen LogP contribution < -0.4 is 5.73 Å². The van der Waals surface area contributed by atoms with Crippen LogP contribution in [0, 0.1) is 0 Å². The molecule has 21 heavy (non-hydrogen) atoms. The van der Waals surface area contributed by atoms with E-state index < -0.39 is 0 Å². The van der Waals surface area contributed by atoms with Crippen LogP contribution in [0.2, 0.25) is 0 Å². The van der Waals surface area contributed by atoms with Crippen molar-refractivity contribution >= 4 is 11.6 Å². The fourth-order valence-electron chi connectivity index (χ4n) is 3.54. The molecule has 2 saturated heterocycles. The maximum absolute atomic E-state index is 12.5. The highest BCUT2D eigenvalue weighted by molar-refractivity contribution is 5.97. The number of hydrogen-bond acceptors (Lipinski definition) is 4. The van der Waals surface area contributed by atoms with E-state index >= 15 is 0 Å². The van der Waals surface area contributed by atoms with Crippen LogP contribution in [0.5, 0.6) is 0 Å². The van der Waals surface area contributed by atoms with Crippen LogP contribution in [0.1, 0.15) is 42.6 Å². The Morgan fingerprint density at radius 1 is 1.19 bits per heavy atom. The average Bonchev–Trinajstić information content (AvgIpc) is 2.86. The second-order valence-electron chi connectivity index (χ2n) is 6.23. The third-order valence-electron chi connectivity index (χ3n) is 4.72. The van der Waals surface area contributed by atoms with Gasteiger partial charge in [0, 0.05) is 32.4 Å². The Hall–Kier alpha value is -1.56. The number of carbonyl (C=O) groups is 1. The molecule has 0 bridgehead atoms. The van der Waals surface area contributed by atoms with Gasteiger partial charge in [-0.05, 0) is 38.8 Å². The summed E-state index contributed by atoms with van der Waals surface area (Å²) in [5.74, 6) is -0.0230. The largest absolute Gasteiger partial charge is 0.396 e. The summed E-state index contributed by atoms with van der Waals surface area (Å²) in [7, 11) is 1.79. The second kappa shape index (κ2) is 6.05. The predicted molar refractivity (Wildman–Crippen MR) is 82.0 cm³/mol. The molecule has 2 fully saturated rings. The number of nitrogens with two attached hydrogens (primary N) is 1. The Labute approximate surface area is 125 Å². The van der Waals surface area contributed by atoms with Gasteiger partial charge in [0.1, 0.15) is 0 Å². The number of likely N-dealkylation sites (tertiary alicyclic amines) is 2. The van der Waals surface area contributed by atoms with Crippen molar-refractivity contribution in [3.05, 3.63) is 11.9 Å². The Morgan fingerprint density at radius 2 is 1.86 bits per heavy atom. The van der Waals surface area contributed by atoms with E-state index in [1.165, 1.54) is 32.4 Å². The fraction of sp³-hybridized carbons (Fsp3) is 0.733. The summed E-state index contributed by atoms with van der Waals surface area (Å²) in [5.41, 5.74) is 6.72. The average molecular weight is 291 g/mol. The van der Waals surface area contributed by atoms with Crippen molar-refractivity contribution in [3.8, 4) is 0 Å². The normalized spacial score (nSPS) is 21.7. The molecule has 0 spiro atoms. The highest BCUT2D eigenvalue weighted by atomic mass is 16.2. The summed E-state index contributed by atoms with van der Waals surface area (Å²) in [5, 5.41) is 4.18. The lowest BCUT2D eigenvalue weighted by Crippen LogP contribution is -2.48. The van der Waals surface area contributed by atoms with Gasteiger partial charge in [-0.15, -0.1) is 0 Å². The van der Waals surface area contributed by atoms with Gasteiger partial charge in [0.25, 0.3) is 5.91 Å². The molecule has 2 N–H and O–H groups in total. The van der Waals surface area contributed by atoms with Gasteiger partial charge >= 0.3 is 0 Å². The van der Waals surface area contributed by atoms with Gasteiger partial charge in [0.2, 0.25) is 0 Å². The van der Waals surface area contributed by atoms with Crippen molar-refractivity contribution in [2.75, 3.05) is 31.9 Å². The van der Waals surface area contributed by atoms with E-state index in [4.69, 9.17) is 5.73 Å². The molecule has 1 aromatic heterocycles. The number of aromatic nitrogens is 2. The Morgan fingerprint density at radius 3 is 2.43 bits per heavy atom. The number of nitrogens with zero attached hydrogens (tertiary/aromatic N) is 4. The molecule has 1 aromatic rings. The maximum Gasteiger partial charge on any atom is 0.276 e. The van der Waals surface area contributed by atoms with Gasteiger partial charge in [-0.25, -0.2) is 0 Å². The number of carbonyl (C=O) groups excluding carboxylic acids is 1. The Kier molecular flexibility index (Phi) is 4.14. The molecule has 3 rings (SSSR count). The van der Waals surface area contributed by atoms with E-state index in [-0.39, 0.29) is 5.91 Å². The summed E-state index contributed by atoms with van der Waals surface area (Å²) in [4.78, 5) is 17.0. The first-order valence-electron chi connectivity index (χ1n) is 7.97. The minimum Gasteiger partial charge on any atom is -0.396 e. The lowest BCUT2D eigenvalue weighted by molar-refractivity contribution is 0.0585. The van der Waals surface area contributed by atoms with E-state index in [1.54, 1.807) is 17.9 Å². The minimum absolute atomic E-state index is 0.0230. The number of hydrogen-bond donors (Lipinski definition) is 1. The molecule has 0 saturated carbocycles. The zero-order chi connectivity index (χ0) is 14.8. The van der Waals surface area contributed by atoms with E-state index in [9.17, 15) is 4.79 Å². The van der Waals surface area contributed by atoms with E-state index in [0.717, 1.165) is 25.9 Å². The van der Waals surface area contributed by atoms with Crippen LogP contribution >= 0.6 is 0 Å². The molecule has 0 radical (unpaired) electrons. The van der Waals surface area contributed by atoms with Crippen molar-refractivity contribution in [2.24, 2.45) is 7.05 Å². The van der Waals surface area contributed by atoms with Crippen molar-refractivity contribution < 1.29 is 4.79 Å². The molecule has 6 nitrogen and oxygen atoms in total. The highest BCUT2D eigenvalue weighted by Gasteiger charge is 2.29. The van der Waals surface area contributed by atoms with Crippen LogP contribution in [0.4, 0.5) is 5.69 Å². The molecule has 0 unspecified atom stereocenters. The quantitative estimate of drug-likeness (QED) is 0.886. The van der Waals surface area contributed by atoms with Gasteiger partial charge < -0.3 is 15.5 Å². The topological polar surface area (TPSA) is 67.4 Å². The number of amides is 1. The van der Waals surface area contributed by atoms with Crippen molar-refractivity contribution in [1.29, 1.82) is 0 Å². The maximum atomic E-state index is 12.5. The lowest BCUT2D eigenvalue weighted by atomic mass is 9.99. The molecule has 2 aliphatic heterocycles. The molecule has 0 aliphatic carbocycles. The van der Waals surface area contributed by atoms with Gasteiger partial charge in [0.05, 0.1) is 5.69 Å². The molecule has 6 heteroatoms. The van der Waals surface area contributed by atoms with Crippen LogP contribution in [-0.4, -0.2) is 57.7 Å². The summed E-state index contributed by atoms with van der Waals surface area (Å²) in [6.07, 6.45) is 7.84. The molecular formula is C15H25N5O. The molecule has 0 aromatic carbocycles. The van der Waals surface area contributed by atoms with Crippen molar-refractivity contribution in [1.82, 2.24) is 19.6 Å². The Balaban J connectivity index is 1.57. The number of nitrogen functional groups attached to an aromatic ring is 1. The van der Waals surface area contributed by atoms with Gasteiger partial charge in [0.15, 0.2) is 5.69 Å². The van der Waals surface area contributed by atoms with Crippen LogP contribution in [-0.2, 0) is 7.05 Å². The summed E-state index contributed by atoms with van der Waals surface area (Å²) < 4.78 is 1.60. The second-order valence-corrected chi connectivity index (χ2v) is 6.23. The molecule has 3 heterocycles. The zero-order valence-electron chi connectivity index (χ0n) is 12.8.